The van der Waals surface area contributed by atoms with Gasteiger partial charge in [-0.05, 0) is 63.5 Å². The minimum atomic E-state index is 0.347. The minimum absolute atomic E-state index is 0.347. The molecule has 2 saturated heterocycles. The Bertz CT molecular complexity index is 355. The molecule has 0 unspecified atom stereocenters. The summed E-state index contributed by atoms with van der Waals surface area (Å²) in [6.45, 7) is 6.42. The molecular weight excluding hydrogens is 262 g/mol. The molecule has 1 saturated carbocycles. The van der Waals surface area contributed by atoms with Gasteiger partial charge in [0.2, 0.25) is 5.91 Å². The van der Waals surface area contributed by atoms with E-state index in [0.29, 0.717) is 29.8 Å². The molecule has 0 aromatic rings. The highest BCUT2D eigenvalue weighted by molar-refractivity contribution is 5.79. The first-order chi connectivity index (χ1) is 10.2. The SMILES string of the molecule is CCCN1C[C@H](NC2CCC3(CCNCC3)CC2)CC1=O. The number of amides is 1. The van der Waals surface area contributed by atoms with E-state index in [1.54, 1.807) is 0 Å². The second kappa shape index (κ2) is 6.66. The van der Waals surface area contributed by atoms with Gasteiger partial charge in [0.15, 0.2) is 0 Å². The van der Waals surface area contributed by atoms with E-state index in [4.69, 9.17) is 0 Å². The summed E-state index contributed by atoms with van der Waals surface area (Å²) in [5.41, 5.74) is 0.642. The second-order valence-corrected chi connectivity index (χ2v) is 7.43. The summed E-state index contributed by atoms with van der Waals surface area (Å²) in [5, 5.41) is 7.27. The number of nitrogens with one attached hydrogen (secondary N) is 2. The van der Waals surface area contributed by atoms with Crippen molar-refractivity contribution in [3.8, 4) is 0 Å². The first-order valence-corrected chi connectivity index (χ1v) is 8.95. The van der Waals surface area contributed by atoms with Gasteiger partial charge in [-0.2, -0.15) is 0 Å². The summed E-state index contributed by atoms with van der Waals surface area (Å²) in [7, 11) is 0. The third-order valence-electron chi connectivity index (χ3n) is 5.89. The third kappa shape index (κ3) is 3.59. The van der Waals surface area contributed by atoms with Crippen LogP contribution in [0.4, 0.5) is 0 Å². The molecule has 0 radical (unpaired) electrons. The van der Waals surface area contributed by atoms with E-state index in [9.17, 15) is 4.79 Å². The van der Waals surface area contributed by atoms with Gasteiger partial charge < -0.3 is 15.5 Å². The van der Waals surface area contributed by atoms with Crippen LogP contribution in [-0.4, -0.2) is 49.1 Å². The molecule has 1 aliphatic carbocycles. The van der Waals surface area contributed by atoms with Crippen molar-refractivity contribution in [2.24, 2.45) is 5.41 Å². The van der Waals surface area contributed by atoms with E-state index in [1.807, 2.05) is 4.90 Å². The Morgan fingerprint density at radius 1 is 1.19 bits per heavy atom. The van der Waals surface area contributed by atoms with E-state index < -0.39 is 0 Å². The predicted molar refractivity (Wildman–Crippen MR) is 85.2 cm³/mol. The molecule has 21 heavy (non-hydrogen) atoms. The highest BCUT2D eigenvalue weighted by atomic mass is 16.2. The highest BCUT2D eigenvalue weighted by Crippen LogP contribution is 2.43. The predicted octanol–water partition coefficient (Wildman–Crippen LogP) is 1.90. The van der Waals surface area contributed by atoms with Gasteiger partial charge in [0.1, 0.15) is 0 Å². The molecule has 2 aliphatic heterocycles. The van der Waals surface area contributed by atoms with Crippen LogP contribution < -0.4 is 10.6 Å². The fraction of sp³-hybridized carbons (Fsp3) is 0.941. The zero-order valence-corrected chi connectivity index (χ0v) is 13.5. The van der Waals surface area contributed by atoms with Gasteiger partial charge in [0.05, 0.1) is 0 Å². The Labute approximate surface area is 129 Å². The van der Waals surface area contributed by atoms with Crippen LogP contribution >= 0.6 is 0 Å². The fourth-order valence-corrected chi connectivity index (χ4v) is 4.56. The first-order valence-electron chi connectivity index (χ1n) is 8.95. The van der Waals surface area contributed by atoms with Crippen LogP contribution in [0.2, 0.25) is 0 Å². The molecule has 3 aliphatic rings. The first kappa shape index (κ1) is 15.3. The molecule has 2 heterocycles. The van der Waals surface area contributed by atoms with Gasteiger partial charge in [0, 0.05) is 31.6 Å². The van der Waals surface area contributed by atoms with Crippen LogP contribution in [-0.2, 0) is 4.79 Å². The lowest BCUT2D eigenvalue weighted by molar-refractivity contribution is -0.127. The van der Waals surface area contributed by atoms with Gasteiger partial charge in [0.25, 0.3) is 0 Å². The van der Waals surface area contributed by atoms with Crippen LogP contribution in [0.1, 0.15) is 58.3 Å². The summed E-state index contributed by atoms with van der Waals surface area (Å²) in [4.78, 5) is 14.0. The molecule has 1 amide bonds. The van der Waals surface area contributed by atoms with E-state index in [-0.39, 0.29) is 0 Å². The van der Waals surface area contributed by atoms with Crippen molar-refractivity contribution in [2.75, 3.05) is 26.2 Å². The van der Waals surface area contributed by atoms with E-state index in [0.717, 1.165) is 19.5 Å². The quantitative estimate of drug-likeness (QED) is 0.832. The Balaban J connectivity index is 1.44. The van der Waals surface area contributed by atoms with Crippen molar-refractivity contribution in [1.82, 2.24) is 15.5 Å². The van der Waals surface area contributed by atoms with Crippen molar-refractivity contribution >= 4 is 5.91 Å². The normalized spacial score (nSPS) is 30.2. The summed E-state index contributed by atoms with van der Waals surface area (Å²) >= 11 is 0. The number of hydrogen-bond donors (Lipinski definition) is 2. The number of carbonyl (C=O) groups is 1. The molecule has 4 nitrogen and oxygen atoms in total. The van der Waals surface area contributed by atoms with Gasteiger partial charge in [-0.25, -0.2) is 0 Å². The molecule has 120 valence electrons. The van der Waals surface area contributed by atoms with Crippen molar-refractivity contribution in [2.45, 2.75) is 70.4 Å². The Kier molecular flexibility index (Phi) is 4.85. The van der Waals surface area contributed by atoms with Gasteiger partial charge in [-0.15, -0.1) is 0 Å². The zero-order chi connectivity index (χ0) is 14.7. The van der Waals surface area contributed by atoms with E-state index >= 15 is 0 Å². The summed E-state index contributed by atoms with van der Waals surface area (Å²) in [6, 6.07) is 1.04. The average Bonchev–Trinajstić information content (AvgIpc) is 2.83. The van der Waals surface area contributed by atoms with Gasteiger partial charge in [-0.1, -0.05) is 6.92 Å². The van der Waals surface area contributed by atoms with E-state index in [2.05, 4.69) is 17.6 Å². The van der Waals surface area contributed by atoms with Crippen molar-refractivity contribution in [3.63, 3.8) is 0 Å². The fourth-order valence-electron chi connectivity index (χ4n) is 4.56. The molecule has 0 bridgehead atoms. The molecule has 2 N–H and O–H groups in total. The van der Waals surface area contributed by atoms with Crippen LogP contribution in [0, 0.1) is 5.41 Å². The Hall–Kier alpha value is -0.610. The summed E-state index contributed by atoms with van der Waals surface area (Å²) in [5.74, 6) is 0.347. The number of likely N-dealkylation sites (tertiary alicyclic amines) is 1. The molecule has 4 heteroatoms. The molecule has 0 aromatic carbocycles. The van der Waals surface area contributed by atoms with Crippen molar-refractivity contribution in [3.05, 3.63) is 0 Å². The Morgan fingerprint density at radius 3 is 2.57 bits per heavy atom. The monoisotopic (exact) mass is 293 g/mol. The average molecular weight is 293 g/mol. The molecular formula is C17H31N3O. The van der Waals surface area contributed by atoms with Gasteiger partial charge in [-0.3, -0.25) is 4.79 Å². The maximum absolute atomic E-state index is 11.9. The molecule has 1 atom stereocenters. The highest BCUT2D eigenvalue weighted by Gasteiger charge is 2.37. The van der Waals surface area contributed by atoms with E-state index in [1.165, 1.54) is 51.6 Å². The largest absolute Gasteiger partial charge is 0.341 e. The van der Waals surface area contributed by atoms with Crippen LogP contribution in [0.5, 0.6) is 0 Å². The number of piperidine rings is 1. The van der Waals surface area contributed by atoms with Gasteiger partial charge >= 0.3 is 0 Å². The van der Waals surface area contributed by atoms with Crippen molar-refractivity contribution in [1.29, 1.82) is 0 Å². The maximum Gasteiger partial charge on any atom is 0.224 e. The minimum Gasteiger partial charge on any atom is -0.341 e. The molecule has 3 fully saturated rings. The third-order valence-corrected chi connectivity index (χ3v) is 5.89. The second-order valence-electron chi connectivity index (χ2n) is 7.43. The number of rotatable bonds is 4. The summed E-state index contributed by atoms with van der Waals surface area (Å²) in [6.07, 6.45) is 9.89. The van der Waals surface area contributed by atoms with Crippen LogP contribution in [0.3, 0.4) is 0 Å². The maximum atomic E-state index is 11.9. The smallest absolute Gasteiger partial charge is 0.224 e. The Morgan fingerprint density at radius 2 is 1.90 bits per heavy atom. The lowest BCUT2D eigenvalue weighted by Gasteiger charge is -2.43. The summed E-state index contributed by atoms with van der Waals surface area (Å²) < 4.78 is 0. The zero-order valence-electron chi connectivity index (χ0n) is 13.5. The number of carbonyl (C=O) groups excluding carboxylic acids is 1. The lowest BCUT2D eigenvalue weighted by Crippen LogP contribution is -2.46. The molecule has 0 aromatic heterocycles. The topological polar surface area (TPSA) is 44.4 Å². The number of hydrogen-bond acceptors (Lipinski definition) is 3. The van der Waals surface area contributed by atoms with Crippen LogP contribution in [0.25, 0.3) is 0 Å². The van der Waals surface area contributed by atoms with Crippen LogP contribution in [0.15, 0.2) is 0 Å². The standard InChI is InChI=1S/C17H31N3O/c1-2-11-20-13-15(12-16(20)21)19-14-3-5-17(6-4-14)7-9-18-10-8-17/h14-15,18-19H,2-13H2,1H3/t15-/m1/s1. The molecule has 3 rings (SSSR count). The molecule has 1 spiro atoms. The lowest BCUT2D eigenvalue weighted by atomic mass is 9.67. The number of nitrogens with zero attached hydrogens (tertiary/aromatic N) is 1. The van der Waals surface area contributed by atoms with Crippen molar-refractivity contribution < 1.29 is 4.79 Å².